The summed E-state index contributed by atoms with van der Waals surface area (Å²) in [5, 5.41) is 5.96. The molecule has 0 bridgehead atoms. The van der Waals surface area contributed by atoms with Gasteiger partial charge in [-0.25, -0.2) is 0 Å². The third-order valence-electron chi connectivity index (χ3n) is 5.15. The van der Waals surface area contributed by atoms with Crippen molar-refractivity contribution in [3.05, 3.63) is 29.8 Å². The average Bonchev–Trinajstić information content (AvgIpc) is 2.97. The molecule has 3 amide bonds. The number of ether oxygens (including phenoxy) is 1. The fraction of sp³-hybridized carbons (Fsp3) is 0.526. The first-order chi connectivity index (χ1) is 13.0. The second-order valence-corrected chi connectivity index (χ2v) is 6.95. The molecular weight excluding hydrogens is 348 g/mol. The molecule has 0 saturated carbocycles. The predicted molar refractivity (Wildman–Crippen MR) is 100 cm³/mol. The van der Waals surface area contributed by atoms with Gasteiger partial charge in [0.25, 0.3) is 5.91 Å². The van der Waals surface area contributed by atoms with Gasteiger partial charge in [-0.3, -0.25) is 19.3 Å². The molecule has 2 aliphatic heterocycles. The second-order valence-electron chi connectivity index (χ2n) is 6.95. The number of nitrogens with one attached hydrogen (secondary N) is 2. The highest BCUT2D eigenvalue weighted by Crippen LogP contribution is 2.43. The molecule has 0 spiro atoms. The molecule has 0 radical (unpaired) electrons. The summed E-state index contributed by atoms with van der Waals surface area (Å²) < 4.78 is 4.94. The number of amides is 3. The molecule has 3 rings (SSSR count). The van der Waals surface area contributed by atoms with Crippen molar-refractivity contribution in [2.24, 2.45) is 0 Å². The van der Waals surface area contributed by atoms with Gasteiger partial charge in [-0.1, -0.05) is 12.1 Å². The van der Waals surface area contributed by atoms with Crippen LogP contribution in [0.1, 0.15) is 30.1 Å². The van der Waals surface area contributed by atoms with Gasteiger partial charge in [0.1, 0.15) is 12.2 Å². The fourth-order valence-corrected chi connectivity index (χ4v) is 3.73. The maximum atomic E-state index is 13.0. The van der Waals surface area contributed by atoms with Crippen molar-refractivity contribution in [1.82, 2.24) is 15.5 Å². The molecule has 27 heavy (non-hydrogen) atoms. The number of anilines is 1. The lowest BCUT2D eigenvalue weighted by atomic mass is 9.98. The standard InChI is InChI=1S/C19H26N4O4/c1-19-8-7-17(25)23(19)15-6-4-3-5-14(15)18(26)22(19)13-16(24)21-10-9-20-11-12-27-2/h3-6,20H,7-13H2,1-2H3,(H,21,24). The van der Waals surface area contributed by atoms with Crippen molar-refractivity contribution in [1.29, 1.82) is 0 Å². The number of rotatable bonds is 8. The molecule has 1 unspecified atom stereocenters. The molecule has 8 nitrogen and oxygen atoms in total. The van der Waals surface area contributed by atoms with E-state index in [1.807, 2.05) is 13.0 Å². The zero-order chi connectivity index (χ0) is 19.4. The van der Waals surface area contributed by atoms with E-state index < -0.39 is 5.66 Å². The Morgan fingerprint density at radius 3 is 2.78 bits per heavy atom. The van der Waals surface area contributed by atoms with Gasteiger partial charge in [-0.15, -0.1) is 0 Å². The van der Waals surface area contributed by atoms with Crippen LogP contribution in [0.5, 0.6) is 0 Å². The molecule has 8 heteroatoms. The van der Waals surface area contributed by atoms with Crippen LogP contribution in [0.25, 0.3) is 0 Å². The Bertz CT molecular complexity index is 738. The predicted octanol–water partition coefficient (Wildman–Crippen LogP) is 0.338. The van der Waals surface area contributed by atoms with Crippen molar-refractivity contribution >= 4 is 23.4 Å². The Morgan fingerprint density at radius 1 is 1.22 bits per heavy atom. The molecule has 0 aliphatic carbocycles. The van der Waals surface area contributed by atoms with E-state index >= 15 is 0 Å². The maximum Gasteiger partial charge on any atom is 0.258 e. The Balaban J connectivity index is 1.69. The number of methoxy groups -OCH3 is 1. The smallest absolute Gasteiger partial charge is 0.258 e. The summed E-state index contributed by atoms with van der Waals surface area (Å²) >= 11 is 0. The van der Waals surface area contributed by atoms with E-state index in [1.165, 1.54) is 4.90 Å². The number of benzene rings is 1. The average molecular weight is 374 g/mol. The summed E-state index contributed by atoms with van der Waals surface area (Å²) in [4.78, 5) is 41.1. The van der Waals surface area contributed by atoms with Crippen LogP contribution in [0.3, 0.4) is 0 Å². The van der Waals surface area contributed by atoms with Crippen molar-refractivity contribution < 1.29 is 19.1 Å². The number of hydrogen-bond acceptors (Lipinski definition) is 5. The van der Waals surface area contributed by atoms with E-state index in [-0.39, 0.29) is 24.3 Å². The van der Waals surface area contributed by atoms with Gasteiger partial charge in [0.05, 0.1) is 17.9 Å². The molecule has 1 atom stereocenters. The van der Waals surface area contributed by atoms with Crippen molar-refractivity contribution in [3.63, 3.8) is 0 Å². The van der Waals surface area contributed by atoms with Crippen LogP contribution < -0.4 is 15.5 Å². The van der Waals surface area contributed by atoms with Crippen LogP contribution in [0.15, 0.2) is 24.3 Å². The minimum absolute atomic E-state index is 0.0230. The number of hydrogen-bond donors (Lipinski definition) is 2. The first kappa shape index (κ1) is 19.3. The van der Waals surface area contributed by atoms with Gasteiger partial charge in [0, 0.05) is 33.2 Å². The SMILES string of the molecule is COCCNCCNC(=O)CN1C(=O)c2ccccc2N2C(=O)CCC12C. The molecular formula is C19H26N4O4. The van der Waals surface area contributed by atoms with Crippen LogP contribution in [-0.4, -0.2) is 68.2 Å². The lowest BCUT2D eigenvalue weighted by Crippen LogP contribution is -2.64. The van der Waals surface area contributed by atoms with Crippen molar-refractivity contribution in [2.45, 2.75) is 25.4 Å². The maximum absolute atomic E-state index is 13.0. The minimum Gasteiger partial charge on any atom is -0.383 e. The summed E-state index contributed by atoms with van der Waals surface area (Å²) in [5.41, 5.74) is 0.280. The van der Waals surface area contributed by atoms with Gasteiger partial charge < -0.3 is 20.3 Å². The zero-order valence-electron chi connectivity index (χ0n) is 15.8. The molecule has 146 valence electrons. The Kier molecular flexibility index (Phi) is 5.76. The first-order valence-corrected chi connectivity index (χ1v) is 9.19. The third kappa shape index (κ3) is 3.68. The van der Waals surface area contributed by atoms with E-state index in [1.54, 1.807) is 30.2 Å². The number of nitrogens with zero attached hydrogens (tertiary/aromatic N) is 2. The molecule has 1 aromatic rings. The molecule has 0 aromatic heterocycles. The van der Waals surface area contributed by atoms with E-state index in [0.717, 1.165) is 0 Å². The number of carbonyl (C=O) groups excluding carboxylic acids is 3. The van der Waals surface area contributed by atoms with Gasteiger partial charge in [-0.2, -0.15) is 0 Å². The molecule has 1 aromatic carbocycles. The number of para-hydroxylation sites is 1. The molecule has 2 aliphatic rings. The fourth-order valence-electron chi connectivity index (χ4n) is 3.73. The zero-order valence-corrected chi connectivity index (χ0v) is 15.8. The van der Waals surface area contributed by atoms with Crippen molar-refractivity contribution in [3.8, 4) is 0 Å². The largest absolute Gasteiger partial charge is 0.383 e. The number of fused-ring (bicyclic) bond motifs is 3. The monoisotopic (exact) mass is 374 g/mol. The van der Waals surface area contributed by atoms with Gasteiger partial charge in [0.2, 0.25) is 11.8 Å². The van der Waals surface area contributed by atoms with Crippen LogP contribution in [-0.2, 0) is 14.3 Å². The summed E-state index contributed by atoms with van der Waals surface area (Å²) in [6.45, 7) is 4.17. The third-order valence-corrected chi connectivity index (χ3v) is 5.15. The van der Waals surface area contributed by atoms with E-state index in [0.29, 0.717) is 50.3 Å². The van der Waals surface area contributed by atoms with Crippen LogP contribution in [0.2, 0.25) is 0 Å². The first-order valence-electron chi connectivity index (χ1n) is 9.19. The van der Waals surface area contributed by atoms with E-state index in [2.05, 4.69) is 10.6 Å². The van der Waals surface area contributed by atoms with Crippen LogP contribution in [0.4, 0.5) is 5.69 Å². The number of carbonyl (C=O) groups is 3. The quantitative estimate of drug-likeness (QED) is 0.641. The highest BCUT2D eigenvalue weighted by atomic mass is 16.5. The highest BCUT2D eigenvalue weighted by molar-refractivity contribution is 6.11. The van der Waals surface area contributed by atoms with Gasteiger partial charge in [-0.05, 0) is 25.5 Å². The normalized spacial score (nSPS) is 21.3. The van der Waals surface area contributed by atoms with Crippen molar-refractivity contribution in [2.75, 3.05) is 44.8 Å². The topological polar surface area (TPSA) is 91.0 Å². The van der Waals surface area contributed by atoms with E-state index in [4.69, 9.17) is 4.74 Å². The summed E-state index contributed by atoms with van der Waals surface area (Å²) in [7, 11) is 1.63. The highest BCUT2D eigenvalue weighted by Gasteiger charge is 2.53. The van der Waals surface area contributed by atoms with Crippen LogP contribution >= 0.6 is 0 Å². The Labute approximate surface area is 158 Å². The van der Waals surface area contributed by atoms with Crippen LogP contribution in [0, 0.1) is 0 Å². The van der Waals surface area contributed by atoms with Gasteiger partial charge >= 0.3 is 0 Å². The minimum atomic E-state index is -0.809. The Morgan fingerprint density at radius 2 is 2.00 bits per heavy atom. The summed E-state index contributed by atoms with van der Waals surface area (Å²) in [6, 6.07) is 7.08. The molecule has 2 N–H and O–H groups in total. The molecule has 1 saturated heterocycles. The lowest BCUT2D eigenvalue weighted by molar-refractivity contribution is -0.123. The van der Waals surface area contributed by atoms with E-state index in [9.17, 15) is 14.4 Å². The summed E-state index contributed by atoms with van der Waals surface area (Å²) in [5.74, 6) is -0.477. The lowest BCUT2D eigenvalue weighted by Gasteiger charge is -2.48. The molecule has 2 heterocycles. The molecule has 1 fully saturated rings. The Hall–Kier alpha value is -2.45. The van der Waals surface area contributed by atoms with Gasteiger partial charge in [0.15, 0.2) is 0 Å². The summed E-state index contributed by atoms with van der Waals surface area (Å²) in [6.07, 6.45) is 0.872. The second kappa shape index (κ2) is 8.06.